The predicted octanol–water partition coefficient (Wildman–Crippen LogP) is 3.66. The van der Waals surface area contributed by atoms with Gasteiger partial charge in [-0.1, -0.05) is 25.8 Å². The van der Waals surface area contributed by atoms with Gasteiger partial charge < -0.3 is 9.47 Å². The highest BCUT2D eigenvalue weighted by molar-refractivity contribution is 4.85. The molecular formula is C13H24O2. The van der Waals surface area contributed by atoms with Crippen molar-refractivity contribution in [2.45, 2.75) is 64.3 Å². The Bertz CT molecular complexity index is 185. The van der Waals surface area contributed by atoms with Crippen LogP contribution < -0.4 is 0 Å². The first kappa shape index (κ1) is 12.7. The van der Waals surface area contributed by atoms with Crippen molar-refractivity contribution >= 4 is 0 Å². The van der Waals surface area contributed by atoms with Crippen molar-refractivity contribution in [3.05, 3.63) is 12.7 Å². The molecule has 2 nitrogen and oxygen atoms in total. The Morgan fingerprint density at radius 2 is 2.40 bits per heavy atom. The van der Waals surface area contributed by atoms with Crippen LogP contribution in [0.4, 0.5) is 0 Å². The van der Waals surface area contributed by atoms with E-state index < -0.39 is 0 Å². The van der Waals surface area contributed by atoms with Gasteiger partial charge in [0.2, 0.25) is 0 Å². The van der Waals surface area contributed by atoms with Gasteiger partial charge in [-0.3, -0.25) is 0 Å². The summed E-state index contributed by atoms with van der Waals surface area (Å²) in [5, 5.41) is 0. The van der Waals surface area contributed by atoms with Crippen molar-refractivity contribution in [2.75, 3.05) is 6.61 Å². The van der Waals surface area contributed by atoms with Gasteiger partial charge in [0.05, 0.1) is 5.60 Å². The summed E-state index contributed by atoms with van der Waals surface area (Å²) in [5.74, 6) is 0. The van der Waals surface area contributed by atoms with E-state index in [0.29, 0.717) is 0 Å². The van der Waals surface area contributed by atoms with Gasteiger partial charge in [0, 0.05) is 13.0 Å². The zero-order chi connectivity index (χ0) is 11.1. The van der Waals surface area contributed by atoms with E-state index in [1.165, 1.54) is 12.8 Å². The first-order valence-electron chi connectivity index (χ1n) is 6.10. The van der Waals surface area contributed by atoms with Gasteiger partial charge in [0.25, 0.3) is 0 Å². The highest BCUT2D eigenvalue weighted by Gasteiger charge is 2.29. The smallest absolute Gasteiger partial charge is 0.158 e. The van der Waals surface area contributed by atoms with Crippen LogP contribution in [0.1, 0.15) is 52.4 Å². The monoisotopic (exact) mass is 212 g/mol. The highest BCUT2D eigenvalue weighted by Crippen LogP contribution is 2.28. The Hall–Kier alpha value is -0.340. The van der Waals surface area contributed by atoms with E-state index in [1.54, 1.807) is 0 Å². The van der Waals surface area contributed by atoms with E-state index in [4.69, 9.17) is 9.47 Å². The average molecular weight is 212 g/mol. The Morgan fingerprint density at radius 3 is 2.93 bits per heavy atom. The van der Waals surface area contributed by atoms with Crippen LogP contribution in [0, 0.1) is 0 Å². The van der Waals surface area contributed by atoms with Gasteiger partial charge in [-0.25, -0.2) is 0 Å². The van der Waals surface area contributed by atoms with Crippen LogP contribution in [0.2, 0.25) is 0 Å². The Morgan fingerprint density at radius 1 is 1.60 bits per heavy atom. The highest BCUT2D eigenvalue weighted by atomic mass is 16.7. The van der Waals surface area contributed by atoms with Gasteiger partial charge >= 0.3 is 0 Å². The number of ether oxygens (including phenoxy) is 2. The summed E-state index contributed by atoms with van der Waals surface area (Å²) in [7, 11) is 0. The van der Waals surface area contributed by atoms with Crippen LogP contribution in [0.3, 0.4) is 0 Å². The molecule has 0 aromatic rings. The minimum atomic E-state index is -0.0766. The van der Waals surface area contributed by atoms with Crippen molar-refractivity contribution in [1.82, 2.24) is 0 Å². The summed E-state index contributed by atoms with van der Waals surface area (Å²) in [6, 6.07) is 0. The molecule has 2 unspecified atom stereocenters. The number of hydrogen-bond donors (Lipinski definition) is 0. The lowest BCUT2D eigenvalue weighted by molar-refractivity contribution is -0.186. The summed E-state index contributed by atoms with van der Waals surface area (Å²) in [4.78, 5) is 0. The number of hydrogen-bond acceptors (Lipinski definition) is 2. The summed E-state index contributed by atoms with van der Waals surface area (Å²) in [6.07, 6.45) is 8.55. The van der Waals surface area contributed by atoms with Gasteiger partial charge in [-0.05, 0) is 26.2 Å². The summed E-state index contributed by atoms with van der Waals surface area (Å²) < 4.78 is 11.6. The lowest BCUT2D eigenvalue weighted by Crippen LogP contribution is -2.33. The minimum absolute atomic E-state index is 0.0202. The fraction of sp³-hybridized carbons (Fsp3) is 0.846. The number of rotatable bonds is 7. The third-order valence-corrected chi connectivity index (χ3v) is 2.94. The molecule has 0 aliphatic carbocycles. The van der Waals surface area contributed by atoms with Gasteiger partial charge in [-0.15, -0.1) is 6.58 Å². The second kappa shape index (κ2) is 6.29. The summed E-state index contributed by atoms with van der Waals surface area (Å²) in [6.45, 7) is 9.04. The molecule has 1 aliphatic rings. The van der Waals surface area contributed by atoms with Crippen LogP contribution in [-0.2, 0) is 9.47 Å². The summed E-state index contributed by atoms with van der Waals surface area (Å²) >= 11 is 0. The molecule has 1 saturated heterocycles. The molecule has 0 saturated carbocycles. The van der Waals surface area contributed by atoms with Crippen LogP contribution in [-0.4, -0.2) is 18.5 Å². The Balaban J connectivity index is 2.42. The normalized spacial score (nSPS) is 25.1. The molecule has 0 radical (unpaired) electrons. The lowest BCUT2D eigenvalue weighted by Gasteiger charge is -2.31. The molecule has 0 amide bonds. The second-order valence-electron chi connectivity index (χ2n) is 4.61. The van der Waals surface area contributed by atoms with Crippen LogP contribution in [0.15, 0.2) is 12.7 Å². The molecule has 2 heteroatoms. The lowest BCUT2D eigenvalue weighted by atomic mass is 9.95. The molecule has 15 heavy (non-hydrogen) atoms. The Labute approximate surface area is 93.7 Å². The quantitative estimate of drug-likeness (QED) is 0.599. The fourth-order valence-electron chi connectivity index (χ4n) is 2.02. The molecule has 0 aromatic heterocycles. The van der Waals surface area contributed by atoms with Gasteiger partial charge in [0.1, 0.15) is 0 Å². The fourth-order valence-corrected chi connectivity index (χ4v) is 2.02. The van der Waals surface area contributed by atoms with Crippen LogP contribution >= 0.6 is 0 Å². The molecule has 0 aromatic carbocycles. The van der Waals surface area contributed by atoms with Gasteiger partial charge in [-0.2, -0.15) is 0 Å². The van der Waals surface area contributed by atoms with E-state index in [2.05, 4.69) is 20.4 Å². The molecule has 1 heterocycles. The van der Waals surface area contributed by atoms with Crippen LogP contribution in [0.25, 0.3) is 0 Å². The molecular weight excluding hydrogens is 188 g/mol. The van der Waals surface area contributed by atoms with Gasteiger partial charge in [0.15, 0.2) is 6.29 Å². The third-order valence-electron chi connectivity index (χ3n) is 2.94. The maximum absolute atomic E-state index is 6.05. The zero-order valence-electron chi connectivity index (χ0n) is 10.1. The maximum Gasteiger partial charge on any atom is 0.158 e. The van der Waals surface area contributed by atoms with Crippen molar-refractivity contribution in [3.63, 3.8) is 0 Å². The molecule has 1 aliphatic heterocycles. The third kappa shape index (κ3) is 4.35. The summed E-state index contributed by atoms with van der Waals surface area (Å²) in [5.41, 5.74) is -0.0766. The standard InChI is InChI=1S/C13H24O2/c1-4-6-10-13(3,9-5-2)15-12-8-7-11-14-12/h5,12H,2,4,6-11H2,1,3H3. The molecule has 0 spiro atoms. The van der Waals surface area contributed by atoms with Crippen molar-refractivity contribution in [2.24, 2.45) is 0 Å². The van der Waals surface area contributed by atoms with Crippen molar-refractivity contribution in [3.8, 4) is 0 Å². The van der Waals surface area contributed by atoms with E-state index in [9.17, 15) is 0 Å². The van der Waals surface area contributed by atoms with E-state index in [1.807, 2.05) is 6.08 Å². The first-order valence-corrected chi connectivity index (χ1v) is 6.10. The average Bonchev–Trinajstić information content (AvgIpc) is 2.68. The van der Waals surface area contributed by atoms with Crippen molar-refractivity contribution in [1.29, 1.82) is 0 Å². The first-order chi connectivity index (χ1) is 7.20. The van der Waals surface area contributed by atoms with E-state index in [0.717, 1.165) is 32.3 Å². The molecule has 2 atom stereocenters. The predicted molar refractivity (Wildman–Crippen MR) is 62.8 cm³/mol. The molecule has 0 bridgehead atoms. The second-order valence-corrected chi connectivity index (χ2v) is 4.61. The molecule has 1 fully saturated rings. The van der Waals surface area contributed by atoms with E-state index >= 15 is 0 Å². The molecule has 0 N–H and O–H groups in total. The Kier molecular flexibility index (Phi) is 5.34. The van der Waals surface area contributed by atoms with Crippen molar-refractivity contribution < 1.29 is 9.47 Å². The largest absolute Gasteiger partial charge is 0.353 e. The minimum Gasteiger partial charge on any atom is -0.353 e. The SMILES string of the molecule is C=CCC(C)(CCCC)OC1CCCO1. The topological polar surface area (TPSA) is 18.5 Å². The van der Waals surface area contributed by atoms with Crippen LogP contribution in [0.5, 0.6) is 0 Å². The zero-order valence-corrected chi connectivity index (χ0v) is 10.1. The molecule has 88 valence electrons. The maximum atomic E-state index is 6.05. The van der Waals surface area contributed by atoms with E-state index in [-0.39, 0.29) is 11.9 Å². The molecule has 1 rings (SSSR count). The number of unbranched alkanes of at least 4 members (excludes halogenated alkanes) is 1.